The van der Waals surface area contributed by atoms with Crippen molar-refractivity contribution in [2.45, 2.75) is 32.7 Å². The maximum Gasteiger partial charge on any atom is 0.221 e. The van der Waals surface area contributed by atoms with Crippen LogP contribution in [-0.4, -0.2) is 24.1 Å². The molecule has 7 heteroatoms. The van der Waals surface area contributed by atoms with Crippen LogP contribution in [0, 0.1) is 5.92 Å². The molecule has 0 fully saturated rings. The van der Waals surface area contributed by atoms with Gasteiger partial charge in [-0.2, -0.15) is 0 Å². The van der Waals surface area contributed by atoms with Gasteiger partial charge in [0.2, 0.25) is 11.8 Å². The van der Waals surface area contributed by atoms with Gasteiger partial charge in [0.15, 0.2) is 5.78 Å². The van der Waals surface area contributed by atoms with Gasteiger partial charge >= 0.3 is 0 Å². The molecule has 0 aliphatic carbocycles. The number of rotatable bonds is 9. The fourth-order valence-corrected chi connectivity index (χ4v) is 3.75. The van der Waals surface area contributed by atoms with Crippen LogP contribution >= 0.6 is 22.9 Å². The van der Waals surface area contributed by atoms with Crippen LogP contribution in [0.2, 0.25) is 5.02 Å². The van der Waals surface area contributed by atoms with Gasteiger partial charge in [0, 0.05) is 23.3 Å². The molecule has 2 N–H and O–H groups in total. The summed E-state index contributed by atoms with van der Waals surface area (Å²) in [5.74, 6) is -0.553. The van der Waals surface area contributed by atoms with E-state index in [0.29, 0.717) is 10.6 Å². The second-order valence-corrected chi connectivity index (χ2v) is 7.87. The number of halogens is 1. The molecule has 1 heterocycles. The molecule has 1 aromatic carbocycles. The summed E-state index contributed by atoms with van der Waals surface area (Å²) in [5.41, 5.74) is 0.368. The Morgan fingerprint density at radius 2 is 1.74 bits per heavy atom. The van der Waals surface area contributed by atoms with Crippen molar-refractivity contribution >= 4 is 40.5 Å². The average Bonchev–Trinajstić information content (AvgIpc) is 3.16. The third kappa shape index (κ3) is 6.48. The Balaban J connectivity index is 1.77. The number of ketones is 1. The van der Waals surface area contributed by atoms with E-state index in [2.05, 4.69) is 10.6 Å². The van der Waals surface area contributed by atoms with Gasteiger partial charge < -0.3 is 10.6 Å². The molecule has 0 saturated heterocycles. The van der Waals surface area contributed by atoms with E-state index in [0.717, 1.165) is 4.88 Å². The molecule has 0 spiro atoms. The quantitative estimate of drug-likeness (QED) is 0.618. The van der Waals surface area contributed by atoms with Crippen molar-refractivity contribution in [2.75, 3.05) is 6.54 Å². The number of hydrogen-bond acceptors (Lipinski definition) is 4. The minimum absolute atomic E-state index is 0.0247. The lowest BCUT2D eigenvalue weighted by molar-refractivity contribution is -0.126. The molecule has 0 aliphatic heterocycles. The summed E-state index contributed by atoms with van der Waals surface area (Å²) in [6.45, 7) is 3.93. The summed E-state index contributed by atoms with van der Waals surface area (Å²) < 4.78 is 0. The van der Waals surface area contributed by atoms with Gasteiger partial charge in [-0.05, 0) is 29.5 Å². The maximum atomic E-state index is 12.2. The molecule has 2 rings (SSSR count). The lowest BCUT2D eigenvalue weighted by Crippen LogP contribution is -2.33. The molecule has 0 saturated carbocycles. The summed E-state index contributed by atoms with van der Waals surface area (Å²) in [4.78, 5) is 37.3. The normalized spacial score (nSPS) is 11.9. The Kier molecular flexibility index (Phi) is 8.00. The van der Waals surface area contributed by atoms with Crippen LogP contribution in [0.5, 0.6) is 0 Å². The second kappa shape index (κ2) is 10.2. The van der Waals surface area contributed by atoms with Crippen LogP contribution in [-0.2, 0) is 9.59 Å². The second-order valence-electron chi connectivity index (χ2n) is 6.48. The molecule has 2 amide bonds. The number of nitrogens with one attached hydrogen (secondary N) is 2. The minimum atomic E-state index is -0.345. The number of thiophene rings is 1. The topological polar surface area (TPSA) is 75.3 Å². The van der Waals surface area contributed by atoms with Crippen LogP contribution in [0.3, 0.4) is 0 Å². The van der Waals surface area contributed by atoms with E-state index in [9.17, 15) is 14.4 Å². The standard InChI is InChI=1S/C20H23ClN2O3S/c1-13(2)20(17-8-5-11-27-17)23-19(26)10-9-18(25)22-12-16(24)14-6-3-4-7-15(14)21/h3-8,11,13,20H,9-10,12H2,1-2H3,(H,22,25)(H,23,26)/t20-/m0/s1. The zero-order valence-corrected chi connectivity index (χ0v) is 16.9. The van der Waals surface area contributed by atoms with Crippen molar-refractivity contribution < 1.29 is 14.4 Å². The number of amides is 2. The molecule has 144 valence electrons. The van der Waals surface area contributed by atoms with Crippen molar-refractivity contribution in [3.8, 4) is 0 Å². The fourth-order valence-electron chi connectivity index (χ4n) is 2.56. The van der Waals surface area contributed by atoms with E-state index in [-0.39, 0.29) is 48.9 Å². The first kappa shape index (κ1) is 21.1. The summed E-state index contributed by atoms with van der Waals surface area (Å²) in [6.07, 6.45) is 0.0948. The lowest BCUT2D eigenvalue weighted by atomic mass is 10.0. The van der Waals surface area contributed by atoms with E-state index in [1.165, 1.54) is 0 Å². The third-order valence-corrected chi connectivity index (χ3v) is 5.32. The van der Waals surface area contributed by atoms with Gasteiger partial charge in [0.25, 0.3) is 0 Å². The Bertz CT molecular complexity index is 790. The van der Waals surface area contributed by atoms with Crippen molar-refractivity contribution in [1.82, 2.24) is 10.6 Å². The van der Waals surface area contributed by atoms with Gasteiger partial charge in [-0.3, -0.25) is 14.4 Å². The maximum absolute atomic E-state index is 12.2. The molecule has 1 aromatic heterocycles. The summed E-state index contributed by atoms with van der Waals surface area (Å²) in [5, 5.41) is 7.85. The monoisotopic (exact) mass is 406 g/mol. The smallest absolute Gasteiger partial charge is 0.221 e. The van der Waals surface area contributed by atoms with Gasteiger partial charge in [-0.15, -0.1) is 11.3 Å². The number of carbonyl (C=O) groups is 3. The van der Waals surface area contributed by atoms with Crippen LogP contribution in [0.25, 0.3) is 0 Å². The summed E-state index contributed by atoms with van der Waals surface area (Å²) in [7, 11) is 0. The Labute approximate surface area is 168 Å². The molecule has 27 heavy (non-hydrogen) atoms. The van der Waals surface area contributed by atoms with E-state index in [1.807, 2.05) is 31.4 Å². The van der Waals surface area contributed by atoms with Gasteiger partial charge in [0.05, 0.1) is 17.6 Å². The van der Waals surface area contributed by atoms with Crippen LogP contribution in [0.1, 0.15) is 48.0 Å². The molecule has 5 nitrogen and oxygen atoms in total. The molecule has 1 atom stereocenters. The van der Waals surface area contributed by atoms with Crippen molar-refractivity contribution in [2.24, 2.45) is 5.92 Å². The number of hydrogen-bond donors (Lipinski definition) is 2. The van der Waals surface area contributed by atoms with E-state index >= 15 is 0 Å². The van der Waals surface area contributed by atoms with Gasteiger partial charge in [0.1, 0.15) is 0 Å². The van der Waals surface area contributed by atoms with Gasteiger partial charge in [-0.25, -0.2) is 0 Å². The Morgan fingerprint density at radius 3 is 2.37 bits per heavy atom. The third-order valence-electron chi connectivity index (χ3n) is 4.03. The predicted octanol–water partition coefficient (Wildman–Crippen LogP) is 3.99. The SMILES string of the molecule is CC(C)[C@H](NC(=O)CCC(=O)NCC(=O)c1ccccc1Cl)c1cccs1. The molecule has 0 bridgehead atoms. The first-order valence-corrected chi connectivity index (χ1v) is 10.0. The van der Waals surface area contributed by atoms with Crippen LogP contribution < -0.4 is 10.6 Å². The minimum Gasteiger partial charge on any atom is -0.349 e. The molecular weight excluding hydrogens is 384 g/mol. The number of benzene rings is 1. The molecule has 2 aromatic rings. The van der Waals surface area contributed by atoms with Gasteiger partial charge in [-0.1, -0.05) is 43.6 Å². The summed E-state index contributed by atoms with van der Waals surface area (Å²) in [6, 6.07) is 10.6. The highest BCUT2D eigenvalue weighted by Crippen LogP contribution is 2.25. The first-order chi connectivity index (χ1) is 12.9. The van der Waals surface area contributed by atoms with Crippen molar-refractivity contribution in [1.29, 1.82) is 0 Å². The number of Topliss-reactive ketones (excluding diaryl/α,β-unsaturated/α-hetero) is 1. The van der Waals surface area contributed by atoms with E-state index in [1.54, 1.807) is 35.6 Å². The van der Waals surface area contributed by atoms with Crippen molar-refractivity contribution in [3.63, 3.8) is 0 Å². The molecular formula is C20H23ClN2O3S. The Morgan fingerprint density at radius 1 is 1.04 bits per heavy atom. The highest BCUT2D eigenvalue weighted by Gasteiger charge is 2.19. The predicted molar refractivity (Wildman–Crippen MR) is 108 cm³/mol. The van der Waals surface area contributed by atoms with E-state index in [4.69, 9.17) is 11.6 Å². The lowest BCUT2D eigenvalue weighted by Gasteiger charge is -2.21. The average molecular weight is 407 g/mol. The zero-order chi connectivity index (χ0) is 19.8. The zero-order valence-electron chi connectivity index (χ0n) is 15.3. The van der Waals surface area contributed by atoms with Crippen LogP contribution in [0.4, 0.5) is 0 Å². The molecule has 0 radical (unpaired) electrons. The first-order valence-electron chi connectivity index (χ1n) is 8.75. The highest BCUT2D eigenvalue weighted by molar-refractivity contribution is 7.10. The Hall–Kier alpha value is -2.18. The molecule has 0 aliphatic rings. The largest absolute Gasteiger partial charge is 0.349 e. The number of carbonyl (C=O) groups excluding carboxylic acids is 3. The van der Waals surface area contributed by atoms with Crippen LogP contribution in [0.15, 0.2) is 41.8 Å². The summed E-state index contributed by atoms with van der Waals surface area (Å²) >= 11 is 7.56. The fraction of sp³-hybridized carbons (Fsp3) is 0.350. The molecule has 0 unspecified atom stereocenters. The van der Waals surface area contributed by atoms with E-state index < -0.39 is 0 Å². The van der Waals surface area contributed by atoms with Crippen molar-refractivity contribution in [3.05, 3.63) is 57.2 Å². The highest BCUT2D eigenvalue weighted by atomic mass is 35.5.